The van der Waals surface area contributed by atoms with Crippen molar-refractivity contribution < 1.29 is 23.8 Å². The quantitative estimate of drug-likeness (QED) is 0.845. The zero-order valence-corrected chi connectivity index (χ0v) is 10.6. The molecule has 0 bridgehead atoms. The van der Waals surface area contributed by atoms with Crippen LogP contribution in [0.4, 0.5) is 4.39 Å². The molecule has 0 radical (unpaired) electrons. The van der Waals surface area contributed by atoms with E-state index in [1.807, 2.05) is 0 Å². The Labute approximate surface area is 110 Å². The molecule has 2 rings (SSSR count). The first kappa shape index (κ1) is 13.8. The second-order valence-electron chi connectivity index (χ2n) is 4.53. The summed E-state index contributed by atoms with van der Waals surface area (Å²) in [7, 11) is 1.36. The normalized spacial score (nSPS) is 22.3. The Bertz CT molecular complexity index is 472. The number of halogens is 1. The van der Waals surface area contributed by atoms with Crippen LogP contribution in [0.5, 0.6) is 5.75 Å². The Balaban J connectivity index is 2.08. The van der Waals surface area contributed by atoms with Gasteiger partial charge in [-0.2, -0.15) is 0 Å². The molecule has 1 atom stereocenters. The third-order valence-electron chi connectivity index (χ3n) is 3.08. The Morgan fingerprint density at radius 2 is 2.42 bits per heavy atom. The third kappa shape index (κ3) is 3.02. The molecule has 6 heteroatoms. The molecule has 1 saturated heterocycles. The van der Waals surface area contributed by atoms with Crippen LogP contribution < -0.4 is 10.1 Å². The van der Waals surface area contributed by atoms with Gasteiger partial charge >= 0.3 is 0 Å². The zero-order valence-electron chi connectivity index (χ0n) is 10.6. The van der Waals surface area contributed by atoms with Gasteiger partial charge in [-0.15, -0.1) is 0 Å². The highest BCUT2D eigenvalue weighted by Crippen LogP contribution is 2.22. The number of methoxy groups -OCH3 is 1. The van der Waals surface area contributed by atoms with E-state index in [-0.39, 0.29) is 24.5 Å². The minimum atomic E-state index is -1.08. The number of hydrogen-bond acceptors (Lipinski definition) is 4. The summed E-state index contributed by atoms with van der Waals surface area (Å²) in [5.74, 6) is -1.12. The van der Waals surface area contributed by atoms with Crippen molar-refractivity contribution in [3.8, 4) is 5.75 Å². The molecule has 2 N–H and O–H groups in total. The van der Waals surface area contributed by atoms with E-state index in [0.717, 1.165) is 0 Å². The molecule has 0 saturated carbocycles. The summed E-state index contributed by atoms with van der Waals surface area (Å²) >= 11 is 0. The topological polar surface area (TPSA) is 67.8 Å². The molecule has 1 aliphatic rings. The van der Waals surface area contributed by atoms with Crippen molar-refractivity contribution >= 4 is 5.91 Å². The van der Waals surface area contributed by atoms with Crippen molar-refractivity contribution in [1.29, 1.82) is 0 Å². The molecular weight excluding hydrogens is 253 g/mol. The van der Waals surface area contributed by atoms with Crippen LogP contribution in [0, 0.1) is 5.82 Å². The van der Waals surface area contributed by atoms with Gasteiger partial charge in [-0.05, 0) is 12.1 Å². The summed E-state index contributed by atoms with van der Waals surface area (Å²) in [6, 6.07) is 4.15. The fourth-order valence-corrected chi connectivity index (χ4v) is 1.96. The molecule has 1 heterocycles. The van der Waals surface area contributed by atoms with E-state index in [9.17, 15) is 14.3 Å². The van der Waals surface area contributed by atoms with Crippen LogP contribution >= 0.6 is 0 Å². The van der Waals surface area contributed by atoms with Gasteiger partial charge in [0.25, 0.3) is 5.91 Å². The molecule has 1 aromatic carbocycles. The van der Waals surface area contributed by atoms with Crippen LogP contribution in [0.1, 0.15) is 16.8 Å². The van der Waals surface area contributed by atoms with Crippen molar-refractivity contribution in [1.82, 2.24) is 5.32 Å². The van der Waals surface area contributed by atoms with Crippen molar-refractivity contribution in [2.75, 3.05) is 26.9 Å². The zero-order chi connectivity index (χ0) is 13.9. The van der Waals surface area contributed by atoms with E-state index < -0.39 is 17.3 Å². The van der Waals surface area contributed by atoms with Gasteiger partial charge in [0.1, 0.15) is 22.7 Å². The number of rotatable bonds is 4. The highest BCUT2D eigenvalue weighted by Gasteiger charge is 2.33. The lowest BCUT2D eigenvalue weighted by Gasteiger charge is -2.21. The number of amides is 1. The van der Waals surface area contributed by atoms with Gasteiger partial charge in [0.2, 0.25) is 0 Å². The third-order valence-corrected chi connectivity index (χ3v) is 3.08. The van der Waals surface area contributed by atoms with Crippen LogP contribution in [0.2, 0.25) is 0 Å². The van der Waals surface area contributed by atoms with Gasteiger partial charge in [-0.3, -0.25) is 4.79 Å². The number of ether oxygens (including phenoxy) is 2. The Morgan fingerprint density at radius 3 is 3.05 bits per heavy atom. The maximum Gasteiger partial charge on any atom is 0.258 e. The molecular formula is C13H16FNO4. The van der Waals surface area contributed by atoms with E-state index in [1.54, 1.807) is 0 Å². The summed E-state index contributed by atoms with van der Waals surface area (Å²) < 4.78 is 23.7. The number of carbonyl (C=O) groups excluding carboxylic acids is 1. The summed E-state index contributed by atoms with van der Waals surface area (Å²) in [5, 5.41) is 12.5. The fraction of sp³-hybridized carbons (Fsp3) is 0.462. The summed E-state index contributed by atoms with van der Waals surface area (Å²) in [4.78, 5) is 12.0. The van der Waals surface area contributed by atoms with Crippen LogP contribution in [-0.4, -0.2) is 43.5 Å². The minimum Gasteiger partial charge on any atom is -0.496 e. The highest BCUT2D eigenvalue weighted by molar-refractivity contribution is 5.97. The summed E-state index contributed by atoms with van der Waals surface area (Å²) in [6.45, 7) is 0.639. The van der Waals surface area contributed by atoms with Gasteiger partial charge in [-0.1, -0.05) is 6.07 Å². The van der Waals surface area contributed by atoms with Crippen LogP contribution in [0.25, 0.3) is 0 Å². The van der Waals surface area contributed by atoms with Crippen molar-refractivity contribution in [3.63, 3.8) is 0 Å². The van der Waals surface area contributed by atoms with E-state index in [4.69, 9.17) is 9.47 Å². The molecule has 5 nitrogen and oxygen atoms in total. The fourth-order valence-electron chi connectivity index (χ4n) is 1.96. The number of carbonyl (C=O) groups is 1. The van der Waals surface area contributed by atoms with Gasteiger partial charge in [0.15, 0.2) is 0 Å². The maximum atomic E-state index is 13.7. The first-order valence-electron chi connectivity index (χ1n) is 5.96. The van der Waals surface area contributed by atoms with Gasteiger partial charge in [0.05, 0.1) is 13.7 Å². The molecule has 1 amide bonds. The highest BCUT2D eigenvalue weighted by atomic mass is 19.1. The summed E-state index contributed by atoms with van der Waals surface area (Å²) in [6.07, 6.45) is 0.446. The lowest BCUT2D eigenvalue weighted by atomic mass is 10.0. The average Bonchev–Trinajstić information content (AvgIpc) is 2.83. The van der Waals surface area contributed by atoms with Crippen LogP contribution in [0.15, 0.2) is 18.2 Å². The van der Waals surface area contributed by atoms with Gasteiger partial charge < -0.3 is 19.9 Å². The first-order chi connectivity index (χ1) is 9.06. The Morgan fingerprint density at radius 1 is 1.63 bits per heavy atom. The lowest BCUT2D eigenvalue weighted by Crippen LogP contribution is -2.43. The predicted octanol–water partition coefficient (Wildman–Crippen LogP) is 0.715. The predicted molar refractivity (Wildman–Crippen MR) is 65.7 cm³/mol. The average molecular weight is 269 g/mol. The number of hydrogen-bond donors (Lipinski definition) is 2. The number of benzene rings is 1. The largest absolute Gasteiger partial charge is 0.496 e. The molecule has 0 spiro atoms. The maximum absolute atomic E-state index is 13.7. The van der Waals surface area contributed by atoms with Crippen LogP contribution in [0.3, 0.4) is 0 Å². The van der Waals surface area contributed by atoms with Crippen molar-refractivity contribution in [3.05, 3.63) is 29.6 Å². The van der Waals surface area contributed by atoms with Crippen molar-refractivity contribution in [2.24, 2.45) is 0 Å². The molecule has 0 aromatic heterocycles. The molecule has 1 fully saturated rings. The van der Waals surface area contributed by atoms with E-state index in [0.29, 0.717) is 13.0 Å². The van der Waals surface area contributed by atoms with E-state index >= 15 is 0 Å². The number of aliphatic hydroxyl groups is 1. The Kier molecular flexibility index (Phi) is 4.01. The molecule has 104 valence electrons. The first-order valence-corrected chi connectivity index (χ1v) is 5.96. The van der Waals surface area contributed by atoms with E-state index in [1.165, 1.54) is 25.3 Å². The minimum absolute atomic E-state index is 0.0172. The molecule has 1 aromatic rings. The lowest BCUT2D eigenvalue weighted by molar-refractivity contribution is 0.0264. The summed E-state index contributed by atoms with van der Waals surface area (Å²) in [5.41, 5.74) is -1.23. The van der Waals surface area contributed by atoms with E-state index in [2.05, 4.69) is 5.32 Å². The SMILES string of the molecule is COc1cccc(F)c1C(=O)NCC1(O)CCOC1. The number of nitrogens with one attached hydrogen (secondary N) is 1. The van der Waals surface area contributed by atoms with Gasteiger partial charge in [-0.25, -0.2) is 4.39 Å². The van der Waals surface area contributed by atoms with Crippen LogP contribution in [-0.2, 0) is 4.74 Å². The molecule has 1 aliphatic heterocycles. The molecule has 0 aliphatic carbocycles. The second kappa shape index (κ2) is 5.54. The standard InChI is InChI=1S/C13H16FNO4/c1-18-10-4-2-3-9(14)11(10)12(16)15-7-13(17)5-6-19-8-13/h2-4,17H,5-8H2,1H3,(H,15,16). The molecule has 1 unspecified atom stereocenters. The smallest absolute Gasteiger partial charge is 0.258 e. The van der Waals surface area contributed by atoms with Crippen molar-refractivity contribution in [2.45, 2.75) is 12.0 Å². The monoisotopic (exact) mass is 269 g/mol. The Hall–Kier alpha value is -1.66. The van der Waals surface area contributed by atoms with Gasteiger partial charge in [0, 0.05) is 19.6 Å². The molecule has 19 heavy (non-hydrogen) atoms. The second-order valence-corrected chi connectivity index (χ2v) is 4.53.